The summed E-state index contributed by atoms with van der Waals surface area (Å²) < 4.78 is 18.0. The molecule has 2 heterocycles. The fraction of sp³-hybridized carbons (Fsp3) is 0.294. The van der Waals surface area contributed by atoms with Crippen LogP contribution in [0.1, 0.15) is 12.8 Å². The molecule has 1 aromatic heterocycles. The van der Waals surface area contributed by atoms with E-state index in [-0.39, 0.29) is 11.9 Å². The van der Waals surface area contributed by atoms with Crippen molar-refractivity contribution in [2.24, 2.45) is 0 Å². The Labute approximate surface area is 122 Å². The lowest BCUT2D eigenvalue weighted by atomic mass is 10.1. The van der Waals surface area contributed by atoms with Gasteiger partial charge in [0, 0.05) is 35.0 Å². The highest BCUT2D eigenvalue weighted by Crippen LogP contribution is 2.25. The topological polar surface area (TPSA) is 45.2 Å². The first kappa shape index (κ1) is 14.0. The maximum Gasteiger partial charge on any atom is 0.123 e. The number of benzene rings is 2. The van der Waals surface area contributed by atoms with Gasteiger partial charge in [-0.15, -0.1) is 0 Å². The van der Waals surface area contributed by atoms with E-state index in [1.807, 2.05) is 24.3 Å². The van der Waals surface area contributed by atoms with Gasteiger partial charge < -0.3 is 14.8 Å². The first-order valence-corrected chi connectivity index (χ1v) is 7.16. The van der Waals surface area contributed by atoms with Crippen molar-refractivity contribution in [3.8, 4) is 0 Å². The van der Waals surface area contributed by atoms with Crippen LogP contribution in [0.2, 0.25) is 0 Å². The van der Waals surface area contributed by atoms with Gasteiger partial charge in [-0.2, -0.15) is 0 Å². The molecule has 4 heteroatoms. The zero-order valence-electron chi connectivity index (χ0n) is 11.7. The highest BCUT2D eigenvalue weighted by Gasteiger charge is 2.08. The van der Waals surface area contributed by atoms with E-state index in [4.69, 9.17) is 9.84 Å². The molecular weight excluding hydrogens is 269 g/mol. The Kier molecular flexibility index (Phi) is 4.18. The monoisotopic (exact) mass is 287 g/mol. The molecule has 0 aliphatic carbocycles. The number of halogens is 1. The van der Waals surface area contributed by atoms with Gasteiger partial charge in [0.05, 0.1) is 6.10 Å². The Balaban J connectivity index is 0.000000160. The molecule has 3 aromatic rings. The molecule has 0 spiro atoms. The predicted octanol–water partition coefficient (Wildman–Crippen LogP) is 3.62. The van der Waals surface area contributed by atoms with E-state index in [9.17, 15) is 4.39 Å². The van der Waals surface area contributed by atoms with E-state index < -0.39 is 0 Å². The second-order valence-electron chi connectivity index (χ2n) is 5.20. The molecule has 0 amide bonds. The lowest BCUT2D eigenvalue weighted by molar-refractivity contribution is 0.0140. The van der Waals surface area contributed by atoms with Crippen LogP contribution in [-0.2, 0) is 4.74 Å². The molecule has 0 unspecified atom stereocenters. The number of para-hydroxylation sites is 1. The molecular formula is C17H18FNO2. The van der Waals surface area contributed by atoms with Gasteiger partial charge in [-0.3, -0.25) is 0 Å². The van der Waals surface area contributed by atoms with Crippen molar-refractivity contribution >= 4 is 21.8 Å². The normalized spacial score (nSPS) is 15.9. The van der Waals surface area contributed by atoms with Crippen LogP contribution in [0.25, 0.3) is 21.8 Å². The summed E-state index contributed by atoms with van der Waals surface area (Å²) in [7, 11) is 0. The van der Waals surface area contributed by atoms with E-state index in [2.05, 4.69) is 4.98 Å². The summed E-state index contributed by atoms with van der Waals surface area (Å²) in [5.74, 6) is -0.192. The average molecular weight is 287 g/mol. The van der Waals surface area contributed by atoms with E-state index in [1.165, 1.54) is 6.07 Å². The summed E-state index contributed by atoms with van der Waals surface area (Å²) in [5.41, 5.74) is 2.03. The molecule has 1 saturated heterocycles. The molecule has 0 saturated carbocycles. The first-order chi connectivity index (χ1) is 10.2. The Morgan fingerprint density at radius 3 is 2.43 bits per heavy atom. The molecule has 1 aliphatic rings. The lowest BCUT2D eigenvalue weighted by Crippen LogP contribution is -2.19. The molecule has 1 aliphatic heterocycles. The molecule has 2 N–H and O–H groups in total. The van der Waals surface area contributed by atoms with Crippen LogP contribution in [0, 0.1) is 5.82 Å². The standard InChI is InChI=1S/C12H8FN.C5H10O2/c13-8-5-6-12-10(7-8)9-3-1-2-4-11(9)14-12;6-5-1-3-7-4-2-5/h1-7,14H;5-6H,1-4H2. The van der Waals surface area contributed by atoms with Crippen LogP contribution in [0.15, 0.2) is 42.5 Å². The maximum atomic E-state index is 13.0. The number of hydrogen-bond acceptors (Lipinski definition) is 2. The Hall–Kier alpha value is -1.91. The number of aromatic nitrogens is 1. The summed E-state index contributed by atoms with van der Waals surface area (Å²) >= 11 is 0. The van der Waals surface area contributed by atoms with Crippen molar-refractivity contribution in [3.05, 3.63) is 48.3 Å². The van der Waals surface area contributed by atoms with Gasteiger partial charge in [-0.05, 0) is 37.1 Å². The van der Waals surface area contributed by atoms with Crippen molar-refractivity contribution in [2.45, 2.75) is 18.9 Å². The molecule has 1 fully saturated rings. The fourth-order valence-corrected chi connectivity index (χ4v) is 2.51. The van der Waals surface area contributed by atoms with Crippen LogP contribution in [0.4, 0.5) is 4.39 Å². The number of aromatic amines is 1. The average Bonchev–Trinajstić information content (AvgIpc) is 2.87. The van der Waals surface area contributed by atoms with Gasteiger partial charge in [-0.1, -0.05) is 18.2 Å². The summed E-state index contributed by atoms with van der Waals surface area (Å²) in [6, 6.07) is 12.7. The Bertz CT molecular complexity index is 732. The van der Waals surface area contributed by atoms with Crippen LogP contribution < -0.4 is 0 Å². The van der Waals surface area contributed by atoms with E-state index in [1.54, 1.807) is 12.1 Å². The molecule has 110 valence electrons. The van der Waals surface area contributed by atoms with Gasteiger partial charge in [0.2, 0.25) is 0 Å². The van der Waals surface area contributed by atoms with Crippen molar-refractivity contribution in [2.75, 3.05) is 13.2 Å². The second kappa shape index (κ2) is 6.24. The number of aliphatic hydroxyl groups excluding tert-OH is 1. The third kappa shape index (κ3) is 3.23. The lowest BCUT2D eigenvalue weighted by Gasteiger charge is -2.15. The van der Waals surface area contributed by atoms with Crippen molar-refractivity contribution in [3.63, 3.8) is 0 Å². The van der Waals surface area contributed by atoms with Gasteiger partial charge in [-0.25, -0.2) is 4.39 Å². The fourth-order valence-electron chi connectivity index (χ4n) is 2.51. The molecule has 21 heavy (non-hydrogen) atoms. The van der Waals surface area contributed by atoms with E-state index >= 15 is 0 Å². The molecule has 0 atom stereocenters. The smallest absolute Gasteiger partial charge is 0.123 e. The minimum Gasteiger partial charge on any atom is -0.393 e. The Morgan fingerprint density at radius 1 is 1.00 bits per heavy atom. The summed E-state index contributed by atoms with van der Waals surface area (Å²) in [6.45, 7) is 1.47. The second-order valence-corrected chi connectivity index (χ2v) is 5.20. The predicted molar refractivity (Wildman–Crippen MR) is 81.8 cm³/mol. The zero-order valence-corrected chi connectivity index (χ0v) is 11.7. The number of ether oxygens (including phenoxy) is 1. The largest absolute Gasteiger partial charge is 0.393 e. The molecule has 0 bridgehead atoms. The number of rotatable bonds is 0. The SMILES string of the molecule is Fc1ccc2[nH]c3ccccc3c2c1.OC1CCOCC1. The van der Waals surface area contributed by atoms with Crippen LogP contribution in [0.3, 0.4) is 0 Å². The van der Waals surface area contributed by atoms with Gasteiger partial charge >= 0.3 is 0 Å². The highest BCUT2D eigenvalue weighted by molar-refractivity contribution is 6.07. The number of H-pyrrole nitrogens is 1. The first-order valence-electron chi connectivity index (χ1n) is 7.16. The van der Waals surface area contributed by atoms with E-state index in [0.29, 0.717) is 0 Å². The minimum atomic E-state index is -0.192. The van der Waals surface area contributed by atoms with Crippen molar-refractivity contribution < 1.29 is 14.2 Å². The van der Waals surface area contributed by atoms with E-state index in [0.717, 1.165) is 47.9 Å². The van der Waals surface area contributed by atoms with Gasteiger partial charge in [0.15, 0.2) is 0 Å². The van der Waals surface area contributed by atoms with Crippen LogP contribution >= 0.6 is 0 Å². The number of nitrogens with one attached hydrogen (secondary N) is 1. The maximum absolute atomic E-state index is 13.0. The van der Waals surface area contributed by atoms with Crippen LogP contribution in [0.5, 0.6) is 0 Å². The summed E-state index contributed by atoms with van der Waals surface area (Å²) in [5, 5.41) is 10.8. The number of aliphatic hydroxyl groups is 1. The third-order valence-electron chi connectivity index (χ3n) is 3.66. The Morgan fingerprint density at radius 2 is 1.71 bits per heavy atom. The van der Waals surface area contributed by atoms with Crippen LogP contribution in [-0.4, -0.2) is 29.4 Å². The van der Waals surface area contributed by atoms with Crippen molar-refractivity contribution in [1.29, 1.82) is 0 Å². The van der Waals surface area contributed by atoms with Crippen molar-refractivity contribution in [1.82, 2.24) is 4.98 Å². The molecule has 2 aromatic carbocycles. The number of fused-ring (bicyclic) bond motifs is 3. The zero-order chi connectivity index (χ0) is 14.7. The molecule has 3 nitrogen and oxygen atoms in total. The summed E-state index contributed by atoms with van der Waals surface area (Å²) in [4.78, 5) is 3.24. The third-order valence-corrected chi connectivity index (χ3v) is 3.66. The highest BCUT2D eigenvalue weighted by atomic mass is 19.1. The number of hydrogen-bond donors (Lipinski definition) is 2. The van der Waals surface area contributed by atoms with Gasteiger partial charge in [0.1, 0.15) is 5.82 Å². The van der Waals surface area contributed by atoms with Gasteiger partial charge in [0.25, 0.3) is 0 Å². The quantitative estimate of drug-likeness (QED) is 0.663. The summed E-state index contributed by atoms with van der Waals surface area (Å²) in [6.07, 6.45) is 1.55. The minimum absolute atomic E-state index is 0.0891. The molecule has 0 radical (unpaired) electrons. The molecule has 4 rings (SSSR count).